The molecule has 6 heteroatoms. The normalized spacial score (nSPS) is 19.9. The minimum atomic E-state index is -0.252. The van der Waals surface area contributed by atoms with Gasteiger partial charge in [0.1, 0.15) is 12.4 Å². The summed E-state index contributed by atoms with van der Waals surface area (Å²) in [5.74, 6) is 0.966. The molecule has 142 valence electrons. The van der Waals surface area contributed by atoms with Gasteiger partial charge in [0.15, 0.2) is 0 Å². The Morgan fingerprint density at radius 3 is 2.74 bits per heavy atom. The fraction of sp³-hybridized carbons (Fsp3) is 0.429. The summed E-state index contributed by atoms with van der Waals surface area (Å²) >= 11 is 0. The van der Waals surface area contributed by atoms with Gasteiger partial charge in [0.25, 0.3) is 0 Å². The molecule has 0 radical (unpaired) electrons. The van der Waals surface area contributed by atoms with Crippen molar-refractivity contribution in [1.82, 2.24) is 9.88 Å². The van der Waals surface area contributed by atoms with Crippen LogP contribution in [0.15, 0.2) is 48.7 Å². The van der Waals surface area contributed by atoms with Gasteiger partial charge in [0.05, 0.1) is 19.3 Å². The predicted octanol–water partition coefficient (Wildman–Crippen LogP) is 3.39. The lowest BCUT2D eigenvalue weighted by Crippen LogP contribution is -2.38. The summed E-state index contributed by atoms with van der Waals surface area (Å²) in [6.07, 6.45) is 3.48. The van der Waals surface area contributed by atoms with E-state index in [4.69, 9.17) is 9.47 Å². The van der Waals surface area contributed by atoms with E-state index in [1.807, 2.05) is 47.5 Å². The number of pyridine rings is 1. The summed E-state index contributed by atoms with van der Waals surface area (Å²) in [4.78, 5) is 21.5. The van der Waals surface area contributed by atoms with E-state index < -0.39 is 0 Å². The lowest BCUT2D eigenvalue weighted by atomic mass is 10.0. The Labute approximate surface area is 159 Å². The van der Waals surface area contributed by atoms with Crippen LogP contribution in [0.2, 0.25) is 0 Å². The van der Waals surface area contributed by atoms with Crippen LogP contribution in [-0.2, 0) is 16.1 Å². The van der Waals surface area contributed by atoms with Crippen LogP contribution in [-0.4, -0.2) is 48.8 Å². The summed E-state index contributed by atoms with van der Waals surface area (Å²) in [5.41, 5.74) is 2.10. The molecule has 4 rings (SSSR count). The van der Waals surface area contributed by atoms with E-state index in [0.29, 0.717) is 19.8 Å². The molecule has 0 N–H and O–H groups in total. The zero-order valence-electron chi connectivity index (χ0n) is 15.4. The first-order valence-corrected chi connectivity index (χ1v) is 9.58. The van der Waals surface area contributed by atoms with Gasteiger partial charge in [-0.15, -0.1) is 0 Å². The highest BCUT2D eigenvalue weighted by molar-refractivity contribution is 5.69. The van der Waals surface area contributed by atoms with Crippen LogP contribution in [0.1, 0.15) is 30.0 Å². The highest BCUT2D eigenvalue weighted by atomic mass is 16.6. The Morgan fingerprint density at radius 2 is 1.93 bits per heavy atom. The summed E-state index contributed by atoms with van der Waals surface area (Å²) in [6, 6.07) is 13.8. The molecule has 1 unspecified atom stereocenters. The Bertz CT molecular complexity index is 762. The molecule has 2 aliphatic heterocycles. The van der Waals surface area contributed by atoms with Crippen LogP contribution in [0, 0.1) is 0 Å². The Hall–Kier alpha value is -2.60. The van der Waals surface area contributed by atoms with Gasteiger partial charge >= 0.3 is 6.09 Å². The fourth-order valence-electron chi connectivity index (χ4n) is 3.82. The quantitative estimate of drug-likeness (QED) is 0.829. The number of nitrogens with zero attached hydrogens (tertiary/aromatic N) is 3. The van der Waals surface area contributed by atoms with Gasteiger partial charge < -0.3 is 19.3 Å². The minimum Gasteiger partial charge on any atom is -0.445 e. The summed E-state index contributed by atoms with van der Waals surface area (Å²) in [5, 5.41) is 0. The second-order valence-corrected chi connectivity index (χ2v) is 6.91. The molecule has 0 spiro atoms. The molecule has 27 heavy (non-hydrogen) atoms. The molecular weight excluding hydrogens is 342 g/mol. The van der Waals surface area contributed by atoms with E-state index >= 15 is 0 Å². The van der Waals surface area contributed by atoms with E-state index in [-0.39, 0.29) is 12.1 Å². The third kappa shape index (κ3) is 4.06. The number of hydrogen-bond donors (Lipinski definition) is 0. The SMILES string of the molecule is O=C(OCc1ccccc1)N1CCCC1c1cccnc1N1CCOCC1. The molecule has 1 aromatic carbocycles. The van der Waals surface area contributed by atoms with Crippen molar-refractivity contribution in [3.8, 4) is 0 Å². The van der Waals surface area contributed by atoms with Crippen LogP contribution in [0.25, 0.3) is 0 Å². The lowest BCUT2D eigenvalue weighted by molar-refractivity contribution is 0.0919. The van der Waals surface area contributed by atoms with Crippen LogP contribution in [0.5, 0.6) is 0 Å². The van der Waals surface area contributed by atoms with Crippen molar-refractivity contribution in [2.45, 2.75) is 25.5 Å². The van der Waals surface area contributed by atoms with E-state index in [1.54, 1.807) is 0 Å². The first-order chi connectivity index (χ1) is 13.3. The fourth-order valence-corrected chi connectivity index (χ4v) is 3.82. The van der Waals surface area contributed by atoms with Crippen molar-refractivity contribution in [3.63, 3.8) is 0 Å². The van der Waals surface area contributed by atoms with Crippen LogP contribution < -0.4 is 4.90 Å². The Morgan fingerprint density at radius 1 is 1.11 bits per heavy atom. The van der Waals surface area contributed by atoms with Gasteiger partial charge in [0.2, 0.25) is 0 Å². The van der Waals surface area contributed by atoms with E-state index in [2.05, 4.69) is 16.0 Å². The molecule has 0 saturated carbocycles. The maximum atomic E-state index is 12.7. The second kappa shape index (κ2) is 8.39. The molecule has 1 aromatic heterocycles. The van der Waals surface area contributed by atoms with Gasteiger partial charge in [-0.2, -0.15) is 0 Å². The number of likely N-dealkylation sites (tertiary alicyclic amines) is 1. The minimum absolute atomic E-state index is 0.0137. The van der Waals surface area contributed by atoms with Crippen LogP contribution in [0.4, 0.5) is 10.6 Å². The number of morpholine rings is 1. The average Bonchev–Trinajstić information content (AvgIpc) is 3.23. The zero-order valence-corrected chi connectivity index (χ0v) is 15.4. The largest absolute Gasteiger partial charge is 0.445 e. The van der Waals surface area contributed by atoms with Gasteiger partial charge in [-0.25, -0.2) is 9.78 Å². The average molecular weight is 367 g/mol. The van der Waals surface area contributed by atoms with Crippen molar-refractivity contribution in [2.24, 2.45) is 0 Å². The van der Waals surface area contributed by atoms with E-state index in [0.717, 1.165) is 49.4 Å². The van der Waals surface area contributed by atoms with Crippen molar-refractivity contribution >= 4 is 11.9 Å². The number of ether oxygens (including phenoxy) is 2. The number of benzene rings is 1. The zero-order chi connectivity index (χ0) is 18.5. The molecule has 1 amide bonds. The van der Waals surface area contributed by atoms with Crippen LogP contribution in [0.3, 0.4) is 0 Å². The molecule has 0 aliphatic carbocycles. The monoisotopic (exact) mass is 367 g/mol. The highest BCUT2D eigenvalue weighted by Crippen LogP contribution is 2.37. The number of carbonyl (C=O) groups excluding carboxylic acids is 1. The molecular formula is C21H25N3O3. The number of anilines is 1. The van der Waals surface area contributed by atoms with Gasteiger partial charge in [-0.1, -0.05) is 36.4 Å². The standard InChI is InChI=1S/C21H25N3O3/c25-21(27-16-17-6-2-1-3-7-17)24-11-5-9-19(24)18-8-4-10-22-20(18)23-12-14-26-15-13-23/h1-4,6-8,10,19H,5,9,11-16H2. The smallest absolute Gasteiger partial charge is 0.410 e. The first-order valence-electron chi connectivity index (χ1n) is 9.58. The molecule has 2 saturated heterocycles. The Kier molecular flexibility index (Phi) is 5.53. The molecule has 2 fully saturated rings. The summed E-state index contributed by atoms with van der Waals surface area (Å²) in [7, 11) is 0. The topological polar surface area (TPSA) is 54.9 Å². The van der Waals surface area contributed by atoms with Crippen molar-refractivity contribution in [1.29, 1.82) is 0 Å². The number of amides is 1. The van der Waals surface area contributed by atoms with Gasteiger partial charge in [-0.3, -0.25) is 0 Å². The molecule has 2 aromatic rings. The van der Waals surface area contributed by atoms with Gasteiger partial charge in [-0.05, 0) is 24.5 Å². The molecule has 6 nitrogen and oxygen atoms in total. The summed E-state index contributed by atoms with van der Waals surface area (Å²) < 4.78 is 11.0. The molecule has 3 heterocycles. The number of carbonyl (C=O) groups is 1. The van der Waals surface area contributed by atoms with E-state index in [9.17, 15) is 4.79 Å². The van der Waals surface area contributed by atoms with E-state index in [1.165, 1.54) is 0 Å². The third-order valence-corrected chi connectivity index (χ3v) is 5.18. The maximum absolute atomic E-state index is 12.7. The summed E-state index contributed by atoms with van der Waals surface area (Å²) in [6.45, 7) is 4.10. The molecule has 2 aliphatic rings. The highest BCUT2D eigenvalue weighted by Gasteiger charge is 2.34. The molecule has 1 atom stereocenters. The molecule has 0 bridgehead atoms. The van der Waals surface area contributed by atoms with Crippen LogP contribution >= 0.6 is 0 Å². The predicted molar refractivity (Wildman–Crippen MR) is 103 cm³/mol. The lowest BCUT2D eigenvalue weighted by Gasteiger charge is -2.32. The second-order valence-electron chi connectivity index (χ2n) is 6.91. The number of aromatic nitrogens is 1. The number of rotatable bonds is 4. The maximum Gasteiger partial charge on any atom is 0.410 e. The first kappa shape index (κ1) is 17.8. The van der Waals surface area contributed by atoms with Crippen molar-refractivity contribution in [3.05, 3.63) is 59.8 Å². The van der Waals surface area contributed by atoms with Crippen molar-refractivity contribution in [2.75, 3.05) is 37.7 Å². The Balaban J connectivity index is 1.49. The van der Waals surface area contributed by atoms with Gasteiger partial charge in [0, 0.05) is 31.4 Å². The van der Waals surface area contributed by atoms with Crippen molar-refractivity contribution < 1.29 is 14.3 Å². The third-order valence-electron chi connectivity index (χ3n) is 5.18. The number of hydrogen-bond acceptors (Lipinski definition) is 5.